The summed E-state index contributed by atoms with van der Waals surface area (Å²) in [6.45, 7) is 20.1. The Morgan fingerprint density at radius 1 is 0.629 bits per heavy atom. The highest BCUT2D eigenvalue weighted by Gasteiger charge is 2.33. The fraction of sp³-hybridized carbons (Fsp3) is 0.633. The maximum atomic E-state index is 12.0. The van der Waals surface area contributed by atoms with Crippen molar-refractivity contribution in [3.63, 3.8) is 0 Å². The minimum atomic E-state index is -0.817. The van der Waals surface area contributed by atoms with Crippen LogP contribution in [0, 0.1) is 15.5 Å². The second-order valence-corrected chi connectivity index (χ2v) is 15.5. The highest BCUT2D eigenvalue weighted by Crippen LogP contribution is 2.35. The van der Waals surface area contributed by atoms with E-state index in [2.05, 4.69) is 19.7 Å². The summed E-state index contributed by atoms with van der Waals surface area (Å²) >= 11 is 0. The minimum absolute atomic E-state index is 0.0161. The van der Waals surface area contributed by atoms with Gasteiger partial charge in [-0.3, -0.25) is 10.1 Å². The summed E-state index contributed by atoms with van der Waals surface area (Å²) in [7, 11) is 1.45. The lowest BCUT2D eigenvalue weighted by Crippen LogP contribution is -2.43. The third-order valence-corrected chi connectivity index (χ3v) is 10.0. The number of rotatable bonds is 44. The van der Waals surface area contributed by atoms with Gasteiger partial charge < -0.3 is 86.4 Å². The topological polar surface area (TPSA) is 242 Å². The van der Waals surface area contributed by atoms with Crippen molar-refractivity contribution in [2.75, 3.05) is 146 Å². The number of benzene rings is 1. The Bertz CT molecular complexity index is 1630. The molecule has 1 fully saturated rings. The molecule has 21 nitrogen and oxygen atoms in total. The van der Waals surface area contributed by atoms with Gasteiger partial charge in [-0.1, -0.05) is 19.7 Å². The molecule has 1 saturated heterocycles. The largest absolute Gasteiger partial charge is 0.505 e. The van der Waals surface area contributed by atoms with Gasteiger partial charge in [-0.05, 0) is 64.3 Å². The molecule has 0 amide bonds. The van der Waals surface area contributed by atoms with E-state index in [1.807, 2.05) is 0 Å². The van der Waals surface area contributed by atoms with Gasteiger partial charge in [-0.15, -0.1) is 0 Å². The van der Waals surface area contributed by atoms with Gasteiger partial charge in [0.1, 0.15) is 43.7 Å². The van der Waals surface area contributed by atoms with Crippen molar-refractivity contribution in [2.24, 2.45) is 5.41 Å². The van der Waals surface area contributed by atoms with Crippen LogP contribution >= 0.6 is 0 Å². The molecule has 0 aromatic heterocycles. The third kappa shape index (κ3) is 26.3. The first-order valence-electron chi connectivity index (χ1n) is 23.2. The quantitative estimate of drug-likeness (QED) is 0.0194. The van der Waals surface area contributed by atoms with Gasteiger partial charge in [0.25, 0.3) is 5.69 Å². The molecule has 1 aromatic carbocycles. The third-order valence-electron chi connectivity index (χ3n) is 10.0. The van der Waals surface area contributed by atoms with Crippen molar-refractivity contribution in [3.8, 4) is 11.5 Å². The summed E-state index contributed by atoms with van der Waals surface area (Å²) in [5.41, 5.74) is -0.637. The molecule has 1 aliphatic heterocycles. The average molecular weight is 1000 g/mol. The van der Waals surface area contributed by atoms with Crippen LogP contribution in [0.1, 0.15) is 45.6 Å². The Balaban J connectivity index is 2.02. The highest BCUT2D eigenvalue weighted by molar-refractivity contribution is 5.54. The molecular formula is C49H77NO20. The number of hydrogen-bond acceptors (Lipinski definition) is 20. The summed E-state index contributed by atoms with van der Waals surface area (Å²) in [5, 5.41) is 41.1. The normalized spacial score (nSPS) is 15.0. The van der Waals surface area contributed by atoms with Crippen LogP contribution in [0.4, 0.5) is 5.69 Å². The smallest absolute Gasteiger partial charge is 0.278 e. The maximum Gasteiger partial charge on any atom is 0.278 e. The predicted octanol–water partition coefficient (Wildman–Crippen LogP) is 7.12. The summed E-state index contributed by atoms with van der Waals surface area (Å²) in [5.74, 6) is 1.38. The zero-order valence-electron chi connectivity index (χ0n) is 41.5. The Labute approximate surface area is 412 Å². The molecule has 70 heavy (non-hydrogen) atoms. The minimum Gasteiger partial charge on any atom is -0.505 e. The molecule has 1 aromatic rings. The fourth-order valence-corrected chi connectivity index (χ4v) is 6.08. The SMILES string of the molecule is C=C/C(O)=C(\C)OCCOCCOCC(COCCOCCO/C(C)=C(\O)C=C)(COCCOCCO/C(C)=C(\O)C=C)COCCOCCOc1cc([N+](=O)[O-])c(COC2CCCCO2)cc1OC. The predicted molar refractivity (Wildman–Crippen MR) is 257 cm³/mol. The first-order valence-corrected chi connectivity index (χ1v) is 23.2. The van der Waals surface area contributed by atoms with Gasteiger partial charge in [0.15, 0.2) is 35.1 Å². The summed E-state index contributed by atoms with van der Waals surface area (Å²) in [6.07, 6.45) is 6.11. The number of hydrogen-bond donors (Lipinski definition) is 3. The van der Waals surface area contributed by atoms with E-state index in [1.165, 1.54) is 37.5 Å². The van der Waals surface area contributed by atoms with Crippen LogP contribution < -0.4 is 9.47 Å². The molecule has 1 aliphatic rings. The van der Waals surface area contributed by atoms with Crippen LogP contribution in [0.3, 0.4) is 0 Å². The van der Waals surface area contributed by atoms with Crippen LogP contribution in [0.25, 0.3) is 0 Å². The van der Waals surface area contributed by atoms with Crippen molar-refractivity contribution in [1.82, 2.24) is 0 Å². The van der Waals surface area contributed by atoms with Gasteiger partial charge in [-0.25, -0.2) is 0 Å². The molecule has 0 bridgehead atoms. The molecule has 21 heteroatoms. The van der Waals surface area contributed by atoms with Gasteiger partial charge in [0, 0.05) is 6.61 Å². The lowest BCUT2D eigenvalue weighted by Gasteiger charge is -2.33. The van der Waals surface area contributed by atoms with E-state index in [-0.39, 0.29) is 167 Å². The Kier molecular flexibility index (Phi) is 33.1. The fourth-order valence-electron chi connectivity index (χ4n) is 6.08. The van der Waals surface area contributed by atoms with E-state index in [0.717, 1.165) is 19.3 Å². The standard InChI is InChI=1S/C49H77NO20/c1-8-43(51)38(4)65-27-23-57-15-19-61-34-49(35-62-20-16-58-24-28-66-39(5)44(52)9-2,36-63-21-17-59-25-29-67-40(6)45(53)10-3)37-64-22-18-60-26-30-68-47-32-42(50(54)55)41(31-46(47)56-7)33-70-48-13-11-12-14-69-48/h8-10,31-32,48,51-53H,1-3,11-30,33-37H2,4-7H3/b43-38-,44-39-,45-40-. The van der Waals surface area contributed by atoms with E-state index in [1.54, 1.807) is 20.8 Å². The molecular weight excluding hydrogens is 923 g/mol. The van der Waals surface area contributed by atoms with Crippen LogP contribution in [0.5, 0.6) is 11.5 Å². The maximum absolute atomic E-state index is 12.0. The van der Waals surface area contributed by atoms with Crippen molar-refractivity contribution < 1.29 is 91.3 Å². The van der Waals surface area contributed by atoms with E-state index in [0.29, 0.717) is 35.2 Å². The van der Waals surface area contributed by atoms with Crippen molar-refractivity contribution in [2.45, 2.75) is 52.9 Å². The molecule has 0 saturated carbocycles. The van der Waals surface area contributed by atoms with Crippen molar-refractivity contribution in [3.05, 3.63) is 100 Å². The number of aliphatic hydroxyl groups is 3. The van der Waals surface area contributed by atoms with Crippen molar-refractivity contribution >= 4 is 5.69 Å². The molecule has 0 radical (unpaired) electrons. The summed E-state index contributed by atoms with van der Waals surface area (Å²) in [6, 6.07) is 2.86. The van der Waals surface area contributed by atoms with E-state index < -0.39 is 16.6 Å². The molecule has 2 rings (SSSR count). The second kappa shape index (κ2) is 37.8. The van der Waals surface area contributed by atoms with Crippen LogP contribution in [-0.4, -0.2) is 172 Å². The zero-order chi connectivity index (χ0) is 51.2. The Morgan fingerprint density at radius 3 is 1.40 bits per heavy atom. The van der Waals surface area contributed by atoms with E-state index in [9.17, 15) is 25.4 Å². The molecule has 1 unspecified atom stereocenters. The number of methoxy groups -OCH3 is 1. The van der Waals surface area contributed by atoms with Gasteiger partial charge in [-0.2, -0.15) is 0 Å². The molecule has 1 heterocycles. The molecule has 0 spiro atoms. The monoisotopic (exact) mass is 1000 g/mol. The number of nitro groups is 1. The lowest BCUT2D eigenvalue weighted by molar-refractivity contribution is -0.386. The highest BCUT2D eigenvalue weighted by atomic mass is 16.7. The van der Waals surface area contributed by atoms with Crippen LogP contribution in [-0.2, 0) is 68.2 Å². The Morgan fingerprint density at radius 2 is 1.03 bits per heavy atom. The van der Waals surface area contributed by atoms with E-state index in [4.69, 9.17) is 71.1 Å². The number of nitrogens with zero attached hydrogens (tertiary/aromatic N) is 1. The van der Waals surface area contributed by atoms with Crippen LogP contribution in [0.15, 0.2) is 84.7 Å². The van der Waals surface area contributed by atoms with Gasteiger partial charge >= 0.3 is 0 Å². The lowest BCUT2D eigenvalue weighted by atomic mass is 9.92. The molecule has 3 N–H and O–H groups in total. The summed E-state index contributed by atoms with van der Waals surface area (Å²) < 4.78 is 86.4. The first-order chi connectivity index (χ1) is 33.9. The molecule has 1 atom stereocenters. The van der Waals surface area contributed by atoms with Crippen LogP contribution in [0.2, 0.25) is 0 Å². The van der Waals surface area contributed by atoms with Gasteiger partial charge in [0.2, 0.25) is 0 Å². The first kappa shape index (κ1) is 61.2. The van der Waals surface area contributed by atoms with Gasteiger partial charge in [0.05, 0.1) is 141 Å². The Hall–Kier alpha value is -4.94. The zero-order valence-corrected chi connectivity index (χ0v) is 41.5. The average Bonchev–Trinajstić information content (AvgIpc) is 3.37. The number of nitro benzene ring substituents is 1. The summed E-state index contributed by atoms with van der Waals surface area (Å²) in [4.78, 5) is 11.5. The second-order valence-electron chi connectivity index (χ2n) is 15.5. The number of ether oxygens (including phenoxy) is 15. The van der Waals surface area contributed by atoms with Crippen molar-refractivity contribution in [1.29, 1.82) is 0 Å². The number of aliphatic hydroxyl groups excluding tert-OH is 3. The van der Waals surface area contributed by atoms with E-state index >= 15 is 0 Å². The molecule has 0 aliphatic carbocycles. The number of allylic oxidation sites excluding steroid dienone is 6. The molecule has 398 valence electrons.